The Kier molecular flexibility index (Phi) is 6.35. The van der Waals surface area contributed by atoms with Gasteiger partial charge in [-0.25, -0.2) is 24.9 Å². The molecule has 0 aliphatic heterocycles. The molecule has 7 nitrogen and oxygen atoms in total. The Morgan fingerprint density at radius 1 is 0.340 bits per heavy atom. The average Bonchev–Trinajstić information content (AvgIpc) is 3.71. The zero-order valence-electron chi connectivity index (χ0n) is 26.7. The fourth-order valence-electron chi connectivity index (χ4n) is 7.13. The fraction of sp³-hybridized carbons (Fsp3) is 0. The van der Waals surface area contributed by atoms with Crippen molar-refractivity contribution in [3.8, 4) is 45.5 Å². The van der Waals surface area contributed by atoms with E-state index in [1.54, 1.807) is 6.33 Å². The molecule has 0 N–H and O–H groups in total. The quantitative estimate of drug-likeness (QED) is 0.187. The highest BCUT2D eigenvalue weighted by Gasteiger charge is 2.17. The van der Waals surface area contributed by atoms with Gasteiger partial charge in [0.2, 0.25) is 0 Å². The van der Waals surface area contributed by atoms with Crippen molar-refractivity contribution >= 4 is 43.6 Å². The van der Waals surface area contributed by atoms with Crippen LogP contribution in [0.4, 0.5) is 0 Å². The van der Waals surface area contributed by atoms with Crippen LogP contribution in [-0.4, -0.2) is 34.1 Å². The van der Waals surface area contributed by atoms with Crippen molar-refractivity contribution in [3.05, 3.63) is 164 Å². The van der Waals surface area contributed by atoms with E-state index in [9.17, 15) is 0 Å². The van der Waals surface area contributed by atoms with E-state index in [1.807, 2.05) is 36.7 Å². The SMILES string of the molecule is c1cc(-c2cc(-c3cncnc3)cc(-c3cccc(-n4c5ccccc5c5ccccc54)n3)n2)nc(-n2c3ccccc3c3ccccc32)c1. The van der Waals surface area contributed by atoms with Gasteiger partial charge in [-0.05, 0) is 66.2 Å². The summed E-state index contributed by atoms with van der Waals surface area (Å²) in [6, 6.07) is 50.2. The highest BCUT2D eigenvalue weighted by atomic mass is 15.1. The van der Waals surface area contributed by atoms with Crippen molar-refractivity contribution in [1.29, 1.82) is 0 Å². The Morgan fingerprint density at radius 3 is 1.16 bits per heavy atom. The van der Waals surface area contributed by atoms with Crippen molar-refractivity contribution in [2.45, 2.75) is 0 Å². The zero-order chi connectivity index (χ0) is 33.0. The molecular formula is C43H27N7. The lowest BCUT2D eigenvalue weighted by Crippen LogP contribution is -2.01. The van der Waals surface area contributed by atoms with Crippen molar-refractivity contribution in [2.75, 3.05) is 0 Å². The standard InChI is InChI=1S/C43H27N7/c1-5-17-38-30(11-1)31-12-2-6-18-39(31)49(38)42-21-9-15-34(47-42)36-23-28(29-25-44-27-45-26-29)24-37(46-36)35-16-10-22-43(48-35)50-40-19-7-3-13-32(40)33-14-4-8-20-41(33)50/h1-27H. The molecule has 0 saturated heterocycles. The molecule has 4 aromatic carbocycles. The molecule has 0 fully saturated rings. The summed E-state index contributed by atoms with van der Waals surface area (Å²) in [5.41, 5.74) is 9.20. The second kappa shape index (κ2) is 11.3. The minimum absolute atomic E-state index is 0.730. The Hall–Kier alpha value is -6.99. The molecule has 6 aromatic heterocycles. The molecule has 0 saturated carbocycles. The molecule has 0 atom stereocenters. The number of aromatic nitrogens is 7. The number of hydrogen-bond acceptors (Lipinski definition) is 5. The van der Waals surface area contributed by atoms with E-state index in [0.29, 0.717) is 0 Å². The molecule has 6 heterocycles. The molecule has 0 aliphatic rings. The summed E-state index contributed by atoms with van der Waals surface area (Å²) >= 11 is 0. The van der Waals surface area contributed by atoms with Crippen LogP contribution < -0.4 is 0 Å². The lowest BCUT2D eigenvalue weighted by atomic mass is 10.1. The summed E-state index contributed by atoms with van der Waals surface area (Å²) < 4.78 is 4.45. The smallest absolute Gasteiger partial charge is 0.138 e. The first-order chi connectivity index (χ1) is 24.8. The summed E-state index contributed by atoms with van der Waals surface area (Å²) in [6.45, 7) is 0. The van der Waals surface area contributed by atoms with Crippen LogP contribution in [0.15, 0.2) is 164 Å². The monoisotopic (exact) mass is 641 g/mol. The van der Waals surface area contributed by atoms with Crippen LogP contribution in [0.2, 0.25) is 0 Å². The highest BCUT2D eigenvalue weighted by Crippen LogP contribution is 2.35. The van der Waals surface area contributed by atoms with Crippen molar-refractivity contribution in [2.24, 2.45) is 0 Å². The van der Waals surface area contributed by atoms with Gasteiger partial charge in [-0.2, -0.15) is 0 Å². The van der Waals surface area contributed by atoms with E-state index in [-0.39, 0.29) is 0 Å². The first kappa shape index (κ1) is 28.1. The van der Waals surface area contributed by atoms with Crippen LogP contribution in [0.3, 0.4) is 0 Å². The van der Waals surface area contributed by atoms with Gasteiger partial charge in [-0.1, -0.05) is 84.9 Å². The number of fused-ring (bicyclic) bond motifs is 6. The van der Waals surface area contributed by atoms with E-state index >= 15 is 0 Å². The van der Waals surface area contributed by atoms with Crippen molar-refractivity contribution in [1.82, 2.24) is 34.1 Å². The maximum atomic E-state index is 5.23. The molecule has 0 unspecified atom stereocenters. The first-order valence-electron chi connectivity index (χ1n) is 16.5. The third-order valence-electron chi connectivity index (χ3n) is 9.33. The largest absolute Gasteiger partial charge is 0.294 e. The van der Waals surface area contributed by atoms with Gasteiger partial charge in [-0.3, -0.25) is 9.13 Å². The van der Waals surface area contributed by atoms with Crippen LogP contribution in [0.25, 0.3) is 89.2 Å². The van der Waals surface area contributed by atoms with Crippen LogP contribution in [0.5, 0.6) is 0 Å². The molecule has 10 rings (SSSR count). The molecule has 0 amide bonds. The predicted octanol–water partition coefficient (Wildman–Crippen LogP) is 9.86. The third-order valence-corrected chi connectivity index (χ3v) is 9.33. The Bertz CT molecular complexity index is 2610. The van der Waals surface area contributed by atoms with E-state index in [1.165, 1.54) is 21.5 Å². The predicted molar refractivity (Wildman–Crippen MR) is 200 cm³/mol. The number of hydrogen-bond donors (Lipinski definition) is 0. The topological polar surface area (TPSA) is 74.3 Å². The lowest BCUT2D eigenvalue weighted by Gasteiger charge is -2.12. The summed E-state index contributed by atoms with van der Waals surface area (Å²) in [5.74, 6) is 1.64. The maximum absolute atomic E-state index is 5.23. The Labute approximate surface area is 286 Å². The number of nitrogens with zero attached hydrogens (tertiary/aromatic N) is 7. The molecule has 10 aromatic rings. The van der Waals surface area contributed by atoms with Gasteiger partial charge >= 0.3 is 0 Å². The second-order valence-corrected chi connectivity index (χ2v) is 12.3. The second-order valence-electron chi connectivity index (χ2n) is 12.3. The number of benzene rings is 4. The highest BCUT2D eigenvalue weighted by molar-refractivity contribution is 6.10. The molecule has 0 aliphatic carbocycles. The van der Waals surface area contributed by atoms with Crippen LogP contribution in [0, 0.1) is 0 Å². The first-order valence-corrected chi connectivity index (χ1v) is 16.5. The average molecular weight is 642 g/mol. The number of rotatable bonds is 5. The summed E-state index contributed by atoms with van der Waals surface area (Å²) in [5, 5.41) is 4.76. The molecule has 0 spiro atoms. The van der Waals surface area contributed by atoms with Crippen LogP contribution in [-0.2, 0) is 0 Å². The van der Waals surface area contributed by atoms with Gasteiger partial charge in [0.25, 0.3) is 0 Å². The van der Waals surface area contributed by atoms with Gasteiger partial charge in [0.05, 0.1) is 44.8 Å². The summed E-state index contributed by atoms with van der Waals surface area (Å²) in [7, 11) is 0. The fourth-order valence-corrected chi connectivity index (χ4v) is 7.13. The molecule has 0 bridgehead atoms. The van der Waals surface area contributed by atoms with Gasteiger partial charge in [0, 0.05) is 39.5 Å². The summed E-state index contributed by atoms with van der Waals surface area (Å²) in [4.78, 5) is 24.3. The van der Waals surface area contributed by atoms with Crippen molar-refractivity contribution < 1.29 is 0 Å². The van der Waals surface area contributed by atoms with E-state index in [0.717, 1.165) is 67.6 Å². The van der Waals surface area contributed by atoms with Crippen LogP contribution >= 0.6 is 0 Å². The minimum Gasteiger partial charge on any atom is -0.294 e. The van der Waals surface area contributed by atoms with Crippen LogP contribution in [0.1, 0.15) is 0 Å². The molecule has 0 radical (unpaired) electrons. The number of para-hydroxylation sites is 4. The molecule has 50 heavy (non-hydrogen) atoms. The molecule has 7 heteroatoms. The van der Waals surface area contributed by atoms with E-state index in [2.05, 4.69) is 140 Å². The van der Waals surface area contributed by atoms with Gasteiger partial charge in [0.15, 0.2) is 0 Å². The Balaban J connectivity index is 1.15. The molecule has 234 valence electrons. The maximum Gasteiger partial charge on any atom is 0.138 e. The number of pyridine rings is 3. The Morgan fingerprint density at radius 2 is 0.740 bits per heavy atom. The molecular weight excluding hydrogens is 615 g/mol. The normalized spacial score (nSPS) is 11.6. The van der Waals surface area contributed by atoms with Gasteiger partial charge in [-0.15, -0.1) is 0 Å². The third kappa shape index (κ3) is 4.48. The summed E-state index contributed by atoms with van der Waals surface area (Å²) in [6.07, 6.45) is 5.18. The van der Waals surface area contributed by atoms with E-state index < -0.39 is 0 Å². The zero-order valence-corrected chi connectivity index (χ0v) is 26.7. The minimum atomic E-state index is 0.730. The van der Waals surface area contributed by atoms with Gasteiger partial charge < -0.3 is 0 Å². The van der Waals surface area contributed by atoms with E-state index in [4.69, 9.17) is 15.0 Å². The van der Waals surface area contributed by atoms with Crippen molar-refractivity contribution in [3.63, 3.8) is 0 Å². The van der Waals surface area contributed by atoms with Gasteiger partial charge in [0.1, 0.15) is 18.0 Å². The lowest BCUT2D eigenvalue weighted by molar-refractivity contribution is 1.07.